The lowest BCUT2D eigenvalue weighted by atomic mass is 10.3. The number of nitrogens with one attached hydrogen (secondary N) is 1. The highest BCUT2D eigenvalue weighted by Gasteiger charge is 2.13. The van der Waals surface area contributed by atoms with E-state index in [-0.39, 0.29) is 4.90 Å². The summed E-state index contributed by atoms with van der Waals surface area (Å²) in [5.74, 6) is 0.634. The third-order valence-electron chi connectivity index (χ3n) is 2.66. The van der Waals surface area contributed by atoms with Gasteiger partial charge < -0.3 is 4.74 Å². The molecule has 0 spiro atoms. The van der Waals surface area contributed by atoms with Gasteiger partial charge in [-0.05, 0) is 49.6 Å². The van der Waals surface area contributed by atoms with Gasteiger partial charge in [0, 0.05) is 0 Å². The molecule has 112 valence electrons. The van der Waals surface area contributed by atoms with E-state index in [9.17, 15) is 8.42 Å². The van der Waals surface area contributed by atoms with E-state index in [0.717, 1.165) is 4.88 Å². The summed E-state index contributed by atoms with van der Waals surface area (Å²) in [6.07, 6.45) is 0. The van der Waals surface area contributed by atoms with Crippen molar-refractivity contribution in [3.05, 3.63) is 46.7 Å². The minimum atomic E-state index is -3.67. The molecule has 0 aliphatic heterocycles. The van der Waals surface area contributed by atoms with Gasteiger partial charge in [0.1, 0.15) is 5.75 Å². The molecule has 0 saturated carbocycles. The molecule has 0 radical (unpaired) electrons. The highest BCUT2D eigenvalue weighted by Crippen LogP contribution is 2.16. The number of hydrazone groups is 1. The van der Waals surface area contributed by atoms with Gasteiger partial charge in [0.2, 0.25) is 0 Å². The molecular weight excluding hydrogens is 308 g/mol. The molecule has 0 fully saturated rings. The Morgan fingerprint density at radius 3 is 2.57 bits per heavy atom. The van der Waals surface area contributed by atoms with Crippen LogP contribution in [0, 0.1) is 0 Å². The van der Waals surface area contributed by atoms with Crippen LogP contribution in [0.2, 0.25) is 0 Å². The van der Waals surface area contributed by atoms with Gasteiger partial charge in [-0.15, -0.1) is 11.3 Å². The summed E-state index contributed by atoms with van der Waals surface area (Å²) in [5.41, 5.74) is 0.625. The quantitative estimate of drug-likeness (QED) is 0.656. The van der Waals surface area contributed by atoms with E-state index < -0.39 is 10.0 Å². The number of hydrogen-bond acceptors (Lipinski definition) is 5. The fourth-order valence-corrected chi connectivity index (χ4v) is 3.14. The third kappa shape index (κ3) is 4.05. The Kier molecular flexibility index (Phi) is 4.98. The van der Waals surface area contributed by atoms with Gasteiger partial charge in [-0.3, -0.25) is 0 Å². The molecule has 0 unspecified atom stereocenters. The number of ether oxygens (including phenoxy) is 1. The van der Waals surface area contributed by atoms with Crippen molar-refractivity contribution in [2.75, 3.05) is 6.61 Å². The lowest BCUT2D eigenvalue weighted by Crippen LogP contribution is -2.19. The Bertz CT molecular complexity index is 705. The summed E-state index contributed by atoms with van der Waals surface area (Å²) in [6.45, 7) is 4.16. The molecule has 5 nitrogen and oxygen atoms in total. The molecule has 0 bridgehead atoms. The van der Waals surface area contributed by atoms with Crippen LogP contribution in [0.15, 0.2) is 51.8 Å². The number of nitrogens with zero attached hydrogens (tertiary/aromatic N) is 1. The van der Waals surface area contributed by atoms with Crippen LogP contribution < -0.4 is 9.57 Å². The van der Waals surface area contributed by atoms with Crippen LogP contribution in [0.3, 0.4) is 0 Å². The monoisotopic (exact) mass is 324 g/mol. The van der Waals surface area contributed by atoms with Crippen LogP contribution >= 0.6 is 11.3 Å². The van der Waals surface area contributed by atoms with E-state index in [1.54, 1.807) is 19.1 Å². The largest absolute Gasteiger partial charge is 0.494 e. The minimum absolute atomic E-state index is 0.147. The minimum Gasteiger partial charge on any atom is -0.494 e. The van der Waals surface area contributed by atoms with E-state index in [2.05, 4.69) is 9.93 Å². The van der Waals surface area contributed by atoms with Gasteiger partial charge in [0.05, 0.1) is 22.1 Å². The Balaban J connectivity index is 2.13. The van der Waals surface area contributed by atoms with Crippen LogP contribution in [0.4, 0.5) is 0 Å². The predicted molar refractivity (Wildman–Crippen MR) is 84.5 cm³/mol. The fourth-order valence-electron chi connectivity index (χ4n) is 1.60. The van der Waals surface area contributed by atoms with Gasteiger partial charge in [0.25, 0.3) is 10.0 Å². The average molecular weight is 324 g/mol. The molecular formula is C14H16N2O3S2. The zero-order valence-electron chi connectivity index (χ0n) is 11.7. The summed E-state index contributed by atoms with van der Waals surface area (Å²) in [5, 5.41) is 5.84. The van der Waals surface area contributed by atoms with Crippen LogP contribution in [-0.4, -0.2) is 20.7 Å². The second-order valence-electron chi connectivity index (χ2n) is 4.17. The first-order chi connectivity index (χ1) is 10.0. The molecule has 7 heteroatoms. The maximum atomic E-state index is 12.1. The number of benzene rings is 1. The van der Waals surface area contributed by atoms with E-state index in [1.165, 1.54) is 23.5 Å². The van der Waals surface area contributed by atoms with Gasteiger partial charge in [-0.2, -0.15) is 18.4 Å². The molecule has 2 aromatic rings. The third-order valence-corrected chi connectivity index (χ3v) is 4.86. The predicted octanol–water partition coefficient (Wildman–Crippen LogP) is 2.85. The van der Waals surface area contributed by atoms with Crippen LogP contribution in [-0.2, 0) is 10.0 Å². The smallest absolute Gasteiger partial charge is 0.276 e. The Morgan fingerprint density at radius 2 is 2.00 bits per heavy atom. The molecule has 0 aliphatic carbocycles. The van der Waals surface area contributed by atoms with Gasteiger partial charge >= 0.3 is 0 Å². The summed E-state index contributed by atoms with van der Waals surface area (Å²) in [4.78, 5) is 3.31. The zero-order chi connectivity index (χ0) is 15.3. The van der Waals surface area contributed by atoms with Crippen molar-refractivity contribution < 1.29 is 13.2 Å². The Hall–Kier alpha value is -1.86. The van der Waals surface area contributed by atoms with Crippen molar-refractivity contribution in [2.24, 2.45) is 5.10 Å². The van der Waals surface area contributed by atoms with Crippen LogP contribution in [0.25, 0.3) is 0 Å². The van der Waals surface area contributed by atoms with Crippen LogP contribution in [0.5, 0.6) is 5.75 Å². The number of sulfonamides is 1. The SMILES string of the molecule is CCOc1ccc(S(=O)(=O)NN=C(C)c2cccs2)cc1. The highest BCUT2D eigenvalue weighted by molar-refractivity contribution is 7.89. The molecule has 2 rings (SSSR count). The first kappa shape index (κ1) is 15.5. The molecule has 1 heterocycles. The van der Waals surface area contributed by atoms with E-state index >= 15 is 0 Å². The second-order valence-corrected chi connectivity index (χ2v) is 6.78. The first-order valence-corrected chi connectivity index (χ1v) is 8.72. The Morgan fingerprint density at radius 1 is 1.29 bits per heavy atom. The lowest BCUT2D eigenvalue weighted by molar-refractivity contribution is 0.340. The highest BCUT2D eigenvalue weighted by atomic mass is 32.2. The van der Waals surface area contributed by atoms with E-state index in [1.807, 2.05) is 24.4 Å². The first-order valence-electron chi connectivity index (χ1n) is 6.36. The molecule has 1 aromatic carbocycles. The fraction of sp³-hybridized carbons (Fsp3) is 0.214. The summed E-state index contributed by atoms with van der Waals surface area (Å²) in [6, 6.07) is 9.99. The maximum Gasteiger partial charge on any atom is 0.276 e. The molecule has 0 atom stereocenters. The molecule has 21 heavy (non-hydrogen) atoms. The molecule has 0 aliphatic rings. The second kappa shape index (κ2) is 6.73. The van der Waals surface area contributed by atoms with Gasteiger partial charge in [0.15, 0.2) is 0 Å². The lowest BCUT2D eigenvalue weighted by Gasteiger charge is -2.06. The molecule has 1 N–H and O–H groups in total. The van der Waals surface area contributed by atoms with Crippen molar-refractivity contribution in [1.82, 2.24) is 4.83 Å². The Labute approximate surface area is 128 Å². The van der Waals surface area contributed by atoms with Crippen molar-refractivity contribution in [1.29, 1.82) is 0 Å². The standard InChI is InChI=1S/C14H16N2O3S2/c1-3-19-12-6-8-13(9-7-12)21(17,18)16-15-11(2)14-5-4-10-20-14/h4-10,16H,3H2,1-2H3. The summed E-state index contributed by atoms with van der Waals surface area (Å²) < 4.78 is 29.5. The normalized spacial score (nSPS) is 12.2. The van der Waals surface area contributed by atoms with Gasteiger partial charge in [-0.1, -0.05) is 6.07 Å². The van der Waals surface area contributed by atoms with Crippen LogP contribution in [0.1, 0.15) is 18.7 Å². The topological polar surface area (TPSA) is 67.8 Å². The number of hydrogen-bond donors (Lipinski definition) is 1. The number of thiophene rings is 1. The van der Waals surface area contributed by atoms with Crippen molar-refractivity contribution >= 4 is 27.1 Å². The summed E-state index contributed by atoms with van der Waals surface area (Å²) >= 11 is 1.50. The maximum absolute atomic E-state index is 12.1. The van der Waals surface area contributed by atoms with E-state index in [4.69, 9.17) is 4.74 Å². The van der Waals surface area contributed by atoms with E-state index in [0.29, 0.717) is 18.1 Å². The molecule has 1 aromatic heterocycles. The number of rotatable bonds is 6. The van der Waals surface area contributed by atoms with Crippen molar-refractivity contribution in [3.8, 4) is 5.75 Å². The zero-order valence-corrected chi connectivity index (χ0v) is 13.4. The summed E-state index contributed by atoms with van der Waals surface area (Å²) in [7, 11) is -3.67. The molecule has 0 saturated heterocycles. The van der Waals surface area contributed by atoms with Gasteiger partial charge in [-0.25, -0.2) is 0 Å². The average Bonchev–Trinajstić information content (AvgIpc) is 3.00. The van der Waals surface area contributed by atoms with Crippen molar-refractivity contribution in [2.45, 2.75) is 18.7 Å². The molecule has 0 amide bonds. The van der Waals surface area contributed by atoms with Crippen molar-refractivity contribution in [3.63, 3.8) is 0 Å².